The van der Waals surface area contributed by atoms with Crippen molar-refractivity contribution >= 4 is 23.3 Å². The van der Waals surface area contributed by atoms with Crippen molar-refractivity contribution in [3.8, 4) is 0 Å². The van der Waals surface area contributed by atoms with Gasteiger partial charge in [-0.25, -0.2) is 4.98 Å². The number of nitrogens with one attached hydrogen (secondary N) is 2. The molecule has 0 atom stereocenters. The second-order valence-corrected chi connectivity index (χ2v) is 6.03. The first kappa shape index (κ1) is 17.5. The molecule has 2 heterocycles. The number of rotatable bonds is 6. The van der Waals surface area contributed by atoms with Crippen LogP contribution in [0, 0.1) is 0 Å². The van der Waals surface area contributed by atoms with E-state index in [9.17, 15) is 18.0 Å². The highest BCUT2D eigenvalue weighted by atomic mass is 35.5. The normalized spacial score (nSPS) is 14.4. The van der Waals surface area contributed by atoms with Gasteiger partial charge in [-0.2, -0.15) is 13.2 Å². The Morgan fingerprint density at radius 3 is 2.72 bits per heavy atom. The monoisotopic (exact) mass is 374 g/mol. The highest BCUT2D eigenvalue weighted by Crippen LogP contribution is 2.40. The van der Waals surface area contributed by atoms with Crippen molar-refractivity contribution in [3.05, 3.63) is 40.4 Å². The third-order valence-electron chi connectivity index (χ3n) is 3.61. The van der Waals surface area contributed by atoms with E-state index in [2.05, 4.69) is 20.8 Å². The molecule has 1 aliphatic carbocycles. The minimum Gasteiger partial charge on any atom is -0.367 e. The van der Waals surface area contributed by atoms with Gasteiger partial charge in [0, 0.05) is 31.3 Å². The number of carbonyl (C=O) groups is 1. The Morgan fingerprint density at radius 1 is 1.32 bits per heavy atom. The molecule has 2 N–H and O–H groups in total. The molecule has 0 bridgehead atoms. The quantitative estimate of drug-likeness (QED) is 0.757. The average molecular weight is 375 g/mol. The van der Waals surface area contributed by atoms with E-state index in [1.54, 1.807) is 6.07 Å². The van der Waals surface area contributed by atoms with E-state index in [4.69, 9.17) is 16.1 Å². The molecule has 2 aromatic rings. The Balaban J connectivity index is 1.47. The van der Waals surface area contributed by atoms with Crippen LogP contribution in [0.25, 0.3) is 0 Å². The van der Waals surface area contributed by atoms with Crippen molar-refractivity contribution in [2.24, 2.45) is 0 Å². The Morgan fingerprint density at radius 2 is 2.08 bits per heavy atom. The van der Waals surface area contributed by atoms with E-state index in [0.717, 1.165) is 18.9 Å². The lowest BCUT2D eigenvalue weighted by atomic mass is 10.2. The second-order valence-electron chi connectivity index (χ2n) is 5.62. The molecule has 0 aliphatic heterocycles. The maximum absolute atomic E-state index is 12.5. The summed E-state index contributed by atoms with van der Waals surface area (Å²) in [4.78, 5) is 15.6. The Hall–Kier alpha value is -2.29. The third-order valence-corrected chi connectivity index (χ3v) is 3.90. The lowest BCUT2D eigenvalue weighted by Crippen LogP contribution is -2.29. The number of alkyl halides is 3. The van der Waals surface area contributed by atoms with Crippen molar-refractivity contribution in [2.45, 2.75) is 24.9 Å². The van der Waals surface area contributed by atoms with Crippen LogP contribution in [-0.4, -0.2) is 29.1 Å². The first-order valence-corrected chi connectivity index (χ1v) is 7.94. The number of nitrogens with zero attached hydrogens (tertiary/aromatic N) is 2. The molecule has 2 aromatic heterocycles. The SMILES string of the molecule is O=C(NCCNc1ncc(C(F)(F)F)cc1Cl)c1cc(C2CC2)on1. The number of halogens is 4. The average Bonchev–Trinajstić information content (AvgIpc) is 3.28. The van der Waals surface area contributed by atoms with Crippen LogP contribution in [0.1, 0.15) is 40.6 Å². The van der Waals surface area contributed by atoms with Crippen LogP contribution < -0.4 is 10.6 Å². The summed E-state index contributed by atoms with van der Waals surface area (Å²) in [5.74, 6) is 0.804. The van der Waals surface area contributed by atoms with Crippen LogP contribution in [0.5, 0.6) is 0 Å². The number of anilines is 1. The van der Waals surface area contributed by atoms with Gasteiger partial charge in [-0.05, 0) is 18.9 Å². The van der Waals surface area contributed by atoms with E-state index in [0.29, 0.717) is 17.9 Å². The minimum absolute atomic E-state index is 0.112. The zero-order valence-corrected chi connectivity index (χ0v) is 13.6. The Kier molecular flexibility index (Phi) is 4.85. The van der Waals surface area contributed by atoms with E-state index in [1.807, 2.05) is 0 Å². The number of hydrogen-bond donors (Lipinski definition) is 2. The van der Waals surface area contributed by atoms with E-state index in [-0.39, 0.29) is 35.5 Å². The van der Waals surface area contributed by atoms with Gasteiger partial charge < -0.3 is 15.2 Å². The van der Waals surface area contributed by atoms with Gasteiger partial charge >= 0.3 is 6.18 Å². The molecule has 134 valence electrons. The maximum atomic E-state index is 12.5. The van der Waals surface area contributed by atoms with Gasteiger partial charge in [0.05, 0.1) is 10.6 Å². The summed E-state index contributed by atoms with van der Waals surface area (Å²) >= 11 is 5.78. The first-order valence-electron chi connectivity index (χ1n) is 7.56. The number of pyridine rings is 1. The van der Waals surface area contributed by atoms with Gasteiger partial charge in [0.25, 0.3) is 5.91 Å². The summed E-state index contributed by atoms with van der Waals surface area (Å²) in [6.07, 6.45) is -1.72. The summed E-state index contributed by atoms with van der Waals surface area (Å²) in [6.45, 7) is 0.445. The first-order chi connectivity index (χ1) is 11.8. The predicted molar refractivity (Wildman–Crippen MR) is 83.5 cm³/mol. The summed E-state index contributed by atoms with van der Waals surface area (Å²) in [6, 6.07) is 2.42. The zero-order chi connectivity index (χ0) is 18.0. The molecule has 10 heteroatoms. The molecule has 1 fully saturated rings. The van der Waals surface area contributed by atoms with Crippen LogP contribution >= 0.6 is 11.6 Å². The topological polar surface area (TPSA) is 80.0 Å². The summed E-state index contributed by atoms with van der Waals surface area (Å²) < 4.78 is 42.7. The summed E-state index contributed by atoms with van der Waals surface area (Å²) in [5, 5.41) is 8.95. The fourth-order valence-electron chi connectivity index (χ4n) is 2.13. The number of aromatic nitrogens is 2. The molecule has 0 spiro atoms. The van der Waals surface area contributed by atoms with E-state index in [1.165, 1.54) is 0 Å². The molecule has 6 nitrogen and oxygen atoms in total. The fraction of sp³-hybridized carbons (Fsp3) is 0.400. The smallest absolute Gasteiger partial charge is 0.367 e. The lowest BCUT2D eigenvalue weighted by molar-refractivity contribution is -0.137. The maximum Gasteiger partial charge on any atom is 0.417 e. The Bertz CT molecular complexity index is 774. The minimum atomic E-state index is -4.50. The molecule has 0 unspecified atom stereocenters. The van der Waals surface area contributed by atoms with Gasteiger partial charge in [0.15, 0.2) is 5.69 Å². The number of hydrogen-bond acceptors (Lipinski definition) is 5. The molecule has 0 saturated heterocycles. The molecule has 1 aliphatic rings. The molecule has 0 radical (unpaired) electrons. The van der Waals surface area contributed by atoms with Crippen LogP contribution in [0.15, 0.2) is 22.9 Å². The molecular weight excluding hydrogens is 361 g/mol. The van der Waals surface area contributed by atoms with Crippen molar-refractivity contribution in [1.29, 1.82) is 0 Å². The second kappa shape index (κ2) is 6.91. The molecule has 1 saturated carbocycles. The third kappa shape index (κ3) is 4.41. The van der Waals surface area contributed by atoms with Crippen LogP contribution in [0.2, 0.25) is 5.02 Å². The van der Waals surface area contributed by atoms with Crippen molar-refractivity contribution in [1.82, 2.24) is 15.5 Å². The summed E-state index contributed by atoms with van der Waals surface area (Å²) in [5.41, 5.74) is -0.721. The number of carbonyl (C=O) groups excluding carboxylic acids is 1. The largest absolute Gasteiger partial charge is 0.417 e. The van der Waals surface area contributed by atoms with Crippen molar-refractivity contribution < 1.29 is 22.5 Å². The standard InChI is InChI=1S/C15H14ClF3N4O2/c16-10-5-9(15(17,18)19)7-22-13(10)20-3-4-21-14(24)11-6-12(25-23-11)8-1-2-8/h5-8H,1-4H2,(H,20,22)(H,21,24). The van der Waals surface area contributed by atoms with Gasteiger partial charge in [-0.3, -0.25) is 4.79 Å². The summed E-state index contributed by atoms with van der Waals surface area (Å²) in [7, 11) is 0. The van der Waals surface area contributed by atoms with Crippen LogP contribution in [0.3, 0.4) is 0 Å². The highest BCUT2D eigenvalue weighted by Gasteiger charge is 2.31. The van der Waals surface area contributed by atoms with Crippen LogP contribution in [-0.2, 0) is 6.18 Å². The van der Waals surface area contributed by atoms with Crippen LogP contribution in [0.4, 0.5) is 19.0 Å². The molecule has 25 heavy (non-hydrogen) atoms. The number of amides is 1. The highest BCUT2D eigenvalue weighted by molar-refractivity contribution is 6.32. The van der Waals surface area contributed by atoms with E-state index >= 15 is 0 Å². The molecule has 1 amide bonds. The fourth-order valence-corrected chi connectivity index (χ4v) is 2.36. The van der Waals surface area contributed by atoms with Crippen molar-refractivity contribution in [2.75, 3.05) is 18.4 Å². The zero-order valence-electron chi connectivity index (χ0n) is 12.9. The van der Waals surface area contributed by atoms with E-state index < -0.39 is 11.7 Å². The predicted octanol–water partition coefficient (Wildman–Crippen LogP) is 3.46. The van der Waals surface area contributed by atoms with Gasteiger partial charge in [0.1, 0.15) is 11.6 Å². The Labute approximate surface area is 145 Å². The lowest BCUT2D eigenvalue weighted by Gasteiger charge is -2.11. The van der Waals surface area contributed by atoms with Crippen molar-refractivity contribution in [3.63, 3.8) is 0 Å². The van der Waals surface area contributed by atoms with Gasteiger partial charge in [-0.1, -0.05) is 16.8 Å². The van der Waals surface area contributed by atoms with Gasteiger partial charge in [-0.15, -0.1) is 0 Å². The molecule has 3 rings (SSSR count). The molecular formula is C15H14ClF3N4O2. The molecule has 0 aromatic carbocycles. The van der Waals surface area contributed by atoms with Gasteiger partial charge in [0.2, 0.25) is 0 Å².